The van der Waals surface area contributed by atoms with Gasteiger partial charge >= 0.3 is 0 Å². The maximum absolute atomic E-state index is 12.3. The average molecular weight is 278 g/mol. The minimum absolute atomic E-state index is 0.0547. The van der Waals surface area contributed by atoms with Crippen LogP contribution in [0.4, 0.5) is 0 Å². The zero-order valence-electron chi connectivity index (χ0n) is 12.9. The number of Topliss-reactive ketones (excluding diaryl/α,β-unsaturated/α-hetero) is 1. The summed E-state index contributed by atoms with van der Waals surface area (Å²) in [5.41, 5.74) is -0.139. The van der Waals surface area contributed by atoms with Crippen LogP contribution in [0.3, 0.4) is 0 Å². The lowest BCUT2D eigenvalue weighted by Crippen LogP contribution is -2.59. The smallest absolute Gasteiger partial charge is 0.171 e. The Labute approximate surface area is 121 Å². The topological polar surface area (TPSA) is 35.5 Å². The summed E-state index contributed by atoms with van der Waals surface area (Å²) in [6.07, 6.45) is 5.28. The summed E-state index contributed by atoms with van der Waals surface area (Å²) >= 11 is 0. The molecule has 0 radical (unpaired) electrons. The minimum atomic E-state index is -0.453. The maximum atomic E-state index is 12.3. The van der Waals surface area contributed by atoms with Gasteiger partial charge < -0.3 is 9.47 Å². The molecular weight excluding hydrogens is 252 g/mol. The van der Waals surface area contributed by atoms with Gasteiger partial charge in [-0.3, -0.25) is 4.79 Å². The largest absolute Gasteiger partial charge is 0.347 e. The van der Waals surface area contributed by atoms with Crippen LogP contribution in [0.15, 0.2) is 12.7 Å². The third-order valence-electron chi connectivity index (χ3n) is 6.42. The quantitative estimate of drug-likeness (QED) is 0.690. The normalized spacial score (nSPS) is 47.2. The Morgan fingerprint density at radius 1 is 1.25 bits per heavy atom. The fourth-order valence-corrected chi connectivity index (χ4v) is 5.17. The van der Waals surface area contributed by atoms with Crippen molar-refractivity contribution in [2.75, 3.05) is 13.2 Å². The first-order valence-electron chi connectivity index (χ1n) is 7.79. The number of ether oxygens (including phenoxy) is 2. The van der Waals surface area contributed by atoms with Crippen LogP contribution < -0.4 is 0 Å². The Balaban J connectivity index is 2.00. The number of hydrogen-bond acceptors (Lipinski definition) is 3. The first-order valence-corrected chi connectivity index (χ1v) is 7.79. The van der Waals surface area contributed by atoms with E-state index in [0.29, 0.717) is 37.8 Å². The molecule has 3 rings (SSSR count). The Kier molecular flexibility index (Phi) is 3.15. The molecular formula is C17H26O3. The van der Waals surface area contributed by atoms with Gasteiger partial charge in [0.2, 0.25) is 0 Å². The first-order chi connectivity index (χ1) is 9.36. The van der Waals surface area contributed by atoms with Gasteiger partial charge in [-0.15, -0.1) is 6.58 Å². The second kappa shape index (κ2) is 4.41. The first kappa shape index (κ1) is 14.3. The minimum Gasteiger partial charge on any atom is -0.347 e. The van der Waals surface area contributed by atoms with Crippen LogP contribution in [0.1, 0.15) is 46.5 Å². The Morgan fingerprint density at radius 3 is 2.50 bits per heavy atom. The molecule has 3 aliphatic rings. The molecule has 1 spiro atoms. The molecule has 0 aromatic rings. The van der Waals surface area contributed by atoms with Crippen molar-refractivity contribution in [3.63, 3.8) is 0 Å². The van der Waals surface area contributed by atoms with Crippen LogP contribution in [0.2, 0.25) is 0 Å². The highest BCUT2D eigenvalue weighted by Gasteiger charge is 2.62. The van der Waals surface area contributed by atoms with E-state index in [9.17, 15) is 4.79 Å². The lowest BCUT2D eigenvalue weighted by Gasteiger charge is -2.60. The third kappa shape index (κ3) is 1.75. The molecule has 2 saturated carbocycles. The number of rotatable bonds is 1. The summed E-state index contributed by atoms with van der Waals surface area (Å²) in [6, 6.07) is 0. The van der Waals surface area contributed by atoms with E-state index in [4.69, 9.17) is 9.47 Å². The van der Waals surface area contributed by atoms with E-state index in [0.717, 1.165) is 12.8 Å². The summed E-state index contributed by atoms with van der Waals surface area (Å²) in [7, 11) is 0. The van der Waals surface area contributed by atoms with Gasteiger partial charge in [-0.1, -0.05) is 26.8 Å². The molecule has 4 atom stereocenters. The molecule has 3 nitrogen and oxygen atoms in total. The molecule has 2 aliphatic carbocycles. The molecule has 0 unspecified atom stereocenters. The van der Waals surface area contributed by atoms with Crippen LogP contribution in [0, 0.1) is 22.7 Å². The van der Waals surface area contributed by atoms with E-state index in [1.165, 1.54) is 0 Å². The highest BCUT2D eigenvalue weighted by atomic mass is 16.7. The zero-order chi connectivity index (χ0) is 14.6. The molecule has 0 amide bonds. The van der Waals surface area contributed by atoms with Crippen molar-refractivity contribution in [3.05, 3.63) is 12.7 Å². The predicted molar refractivity (Wildman–Crippen MR) is 77.2 cm³/mol. The van der Waals surface area contributed by atoms with Crippen LogP contribution in [-0.2, 0) is 14.3 Å². The zero-order valence-corrected chi connectivity index (χ0v) is 12.9. The third-order valence-corrected chi connectivity index (χ3v) is 6.42. The van der Waals surface area contributed by atoms with Crippen molar-refractivity contribution in [1.82, 2.24) is 0 Å². The lowest BCUT2D eigenvalue weighted by molar-refractivity contribution is -0.261. The van der Waals surface area contributed by atoms with E-state index in [-0.39, 0.29) is 16.7 Å². The van der Waals surface area contributed by atoms with Gasteiger partial charge in [-0.05, 0) is 23.2 Å². The van der Waals surface area contributed by atoms with Crippen molar-refractivity contribution >= 4 is 5.78 Å². The molecule has 0 N–H and O–H groups in total. The van der Waals surface area contributed by atoms with Crippen molar-refractivity contribution in [2.45, 2.75) is 52.2 Å². The van der Waals surface area contributed by atoms with Crippen LogP contribution in [-0.4, -0.2) is 24.8 Å². The summed E-state index contributed by atoms with van der Waals surface area (Å²) in [6.45, 7) is 12.0. The van der Waals surface area contributed by atoms with Crippen molar-refractivity contribution in [2.24, 2.45) is 22.7 Å². The molecule has 20 heavy (non-hydrogen) atoms. The highest BCUT2D eigenvalue weighted by molar-refractivity contribution is 5.81. The molecule has 0 bridgehead atoms. The molecule has 112 valence electrons. The standard InChI is InChI=1S/C17H26O3/c1-5-15(3)10-13(18)11-16(4)12(2)17(7-6-14(15)16)19-8-9-20-17/h5,12,14H,1,6-11H2,2-4H3/t12-,14+,15-,16-/m0/s1. The molecule has 1 aliphatic heterocycles. The van der Waals surface area contributed by atoms with Crippen molar-refractivity contribution < 1.29 is 14.3 Å². The lowest BCUT2D eigenvalue weighted by atomic mass is 9.47. The second-order valence-electron chi connectivity index (χ2n) is 7.43. The van der Waals surface area contributed by atoms with E-state index >= 15 is 0 Å². The van der Waals surface area contributed by atoms with E-state index in [1.54, 1.807) is 0 Å². The highest BCUT2D eigenvalue weighted by Crippen LogP contribution is 2.62. The Hall–Kier alpha value is -0.670. The second-order valence-corrected chi connectivity index (χ2v) is 7.43. The number of ketones is 1. The van der Waals surface area contributed by atoms with E-state index in [2.05, 4.69) is 27.4 Å². The Bertz CT molecular complexity index is 438. The monoisotopic (exact) mass is 278 g/mol. The van der Waals surface area contributed by atoms with Gasteiger partial charge in [0, 0.05) is 25.2 Å². The number of fused-ring (bicyclic) bond motifs is 1. The van der Waals surface area contributed by atoms with Gasteiger partial charge in [-0.25, -0.2) is 0 Å². The predicted octanol–water partition coefficient (Wildman–Crippen LogP) is 3.34. The summed E-state index contributed by atoms with van der Waals surface area (Å²) in [4.78, 5) is 12.3. The summed E-state index contributed by atoms with van der Waals surface area (Å²) in [5.74, 6) is 0.622. The summed E-state index contributed by atoms with van der Waals surface area (Å²) in [5, 5.41) is 0. The molecule has 0 aromatic carbocycles. The molecule has 1 heterocycles. The molecule has 3 heteroatoms. The fourth-order valence-electron chi connectivity index (χ4n) is 5.17. The number of allylic oxidation sites excluding steroid dienone is 1. The Morgan fingerprint density at radius 2 is 1.90 bits per heavy atom. The van der Waals surface area contributed by atoms with Crippen LogP contribution in [0.5, 0.6) is 0 Å². The van der Waals surface area contributed by atoms with Crippen molar-refractivity contribution in [1.29, 1.82) is 0 Å². The van der Waals surface area contributed by atoms with Crippen LogP contribution in [0.25, 0.3) is 0 Å². The average Bonchev–Trinajstić information content (AvgIpc) is 2.85. The van der Waals surface area contributed by atoms with E-state index in [1.807, 2.05) is 6.08 Å². The van der Waals surface area contributed by atoms with Gasteiger partial charge in [0.1, 0.15) is 5.78 Å². The summed E-state index contributed by atoms with van der Waals surface area (Å²) < 4.78 is 12.0. The van der Waals surface area contributed by atoms with Gasteiger partial charge in [0.15, 0.2) is 5.79 Å². The van der Waals surface area contributed by atoms with Gasteiger partial charge in [0.05, 0.1) is 13.2 Å². The number of carbonyl (C=O) groups is 1. The fraction of sp³-hybridized carbons (Fsp3) is 0.824. The van der Waals surface area contributed by atoms with Gasteiger partial charge in [-0.2, -0.15) is 0 Å². The van der Waals surface area contributed by atoms with E-state index < -0.39 is 5.79 Å². The van der Waals surface area contributed by atoms with Crippen LogP contribution >= 0.6 is 0 Å². The molecule has 0 aromatic heterocycles. The molecule has 1 saturated heterocycles. The number of carbonyl (C=O) groups excluding carboxylic acids is 1. The number of hydrogen-bond donors (Lipinski definition) is 0. The molecule has 3 fully saturated rings. The maximum Gasteiger partial charge on any atom is 0.171 e. The SMILES string of the molecule is C=C[C@@]1(C)CC(=O)C[C@@]2(C)[C@H](C)C3(CC[C@@H]21)OCCO3. The van der Waals surface area contributed by atoms with Gasteiger partial charge in [0.25, 0.3) is 0 Å². The van der Waals surface area contributed by atoms with Crippen molar-refractivity contribution in [3.8, 4) is 0 Å².